The summed E-state index contributed by atoms with van der Waals surface area (Å²) < 4.78 is 31.2. The van der Waals surface area contributed by atoms with Crippen LogP contribution < -0.4 is 5.32 Å². The highest BCUT2D eigenvalue weighted by atomic mass is 19.1. The molecule has 0 amide bonds. The number of hydrogen-bond acceptors (Lipinski definition) is 2. The van der Waals surface area contributed by atoms with Crippen LogP contribution in [0.25, 0.3) is 0 Å². The smallest absolute Gasteiger partial charge is 0.130 e. The molecule has 0 heterocycles. The molecular formula is C13H19F2NO. The van der Waals surface area contributed by atoms with Crippen molar-refractivity contribution in [1.29, 1.82) is 0 Å². The summed E-state index contributed by atoms with van der Waals surface area (Å²) in [5.41, 5.74) is 0.466. The lowest BCUT2D eigenvalue weighted by Gasteiger charge is -2.21. The lowest BCUT2D eigenvalue weighted by atomic mass is 10.0. The Kier molecular flexibility index (Phi) is 5.51. The monoisotopic (exact) mass is 243 g/mol. The van der Waals surface area contributed by atoms with Crippen LogP contribution in [0.1, 0.15) is 19.4 Å². The van der Waals surface area contributed by atoms with Crippen LogP contribution in [0.2, 0.25) is 0 Å². The Hall–Kier alpha value is -1.00. The maximum atomic E-state index is 13.4. The second-order valence-corrected chi connectivity index (χ2v) is 4.42. The van der Waals surface area contributed by atoms with E-state index in [9.17, 15) is 8.78 Å². The number of rotatable bonds is 6. The highest BCUT2D eigenvalue weighted by Crippen LogP contribution is 2.10. The highest BCUT2D eigenvalue weighted by Gasteiger charge is 2.13. The molecule has 1 atom stereocenters. The van der Waals surface area contributed by atoms with Gasteiger partial charge in [0.05, 0.1) is 6.61 Å². The minimum Gasteiger partial charge on any atom is -0.383 e. The van der Waals surface area contributed by atoms with Gasteiger partial charge in [-0.2, -0.15) is 0 Å². The molecule has 2 nitrogen and oxygen atoms in total. The molecule has 96 valence electrons. The zero-order chi connectivity index (χ0) is 12.8. The van der Waals surface area contributed by atoms with E-state index in [1.807, 2.05) is 0 Å². The summed E-state index contributed by atoms with van der Waals surface area (Å²) in [6, 6.07) is 3.78. The first kappa shape index (κ1) is 14.1. The second-order valence-electron chi connectivity index (χ2n) is 4.42. The quantitative estimate of drug-likeness (QED) is 0.829. The van der Waals surface area contributed by atoms with Gasteiger partial charge >= 0.3 is 0 Å². The van der Waals surface area contributed by atoms with Crippen molar-refractivity contribution in [3.8, 4) is 0 Å². The fourth-order valence-corrected chi connectivity index (χ4v) is 1.57. The third-order valence-corrected chi connectivity index (χ3v) is 2.72. The van der Waals surface area contributed by atoms with Crippen molar-refractivity contribution >= 4 is 0 Å². The molecule has 0 aliphatic rings. The number of benzene rings is 1. The first-order chi connectivity index (χ1) is 8.04. The molecule has 4 heteroatoms. The van der Waals surface area contributed by atoms with Crippen LogP contribution in [0.5, 0.6) is 0 Å². The maximum Gasteiger partial charge on any atom is 0.130 e. The van der Waals surface area contributed by atoms with Crippen molar-refractivity contribution in [2.75, 3.05) is 13.7 Å². The Bertz CT molecular complexity index is 355. The predicted molar refractivity (Wildman–Crippen MR) is 63.7 cm³/mol. The van der Waals surface area contributed by atoms with E-state index in [0.717, 1.165) is 6.07 Å². The molecule has 0 radical (unpaired) electrons. The Labute approximate surface area is 101 Å². The van der Waals surface area contributed by atoms with Crippen LogP contribution in [-0.2, 0) is 11.3 Å². The van der Waals surface area contributed by atoms with Crippen LogP contribution in [0.3, 0.4) is 0 Å². The maximum absolute atomic E-state index is 13.4. The molecule has 0 fully saturated rings. The Morgan fingerprint density at radius 1 is 1.29 bits per heavy atom. The van der Waals surface area contributed by atoms with Gasteiger partial charge < -0.3 is 10.1 Å². The van der Waals surface area contributed by atoms with Crippen LogP contribution in [0.4, 0.5) is 8.78 Å². The summed E-state index contributed by atoms with van der Waals surface area (Å²) in [5.74, 6) is -0.681. The van der Waals surface area contributed by atoms with Gasteiger partial charge in [-0.1, -0.05) is 19.9 Å². The van der Waals surface area contributed by atoms with E-state index in [2.05, 4.69) is 19.2 Å². The van der Waals surface area contributed by atoms with E-state index in [-0.39, 0.29) is 6.04 Å². The molecule has 0 spiro atoms. The predicted octanol–water partition coefficient (Wildman–Crippen LogP) is 2.73. The topological polar surface area (TPSA) is 21.3 Å². The van der Waals surface area contributed by atoms with Gasteiger partial charge in [-0.3, -0.25) is 0 Å². The van der Waals surface area contributed by atoms with E-state index >= 15 is 0 Å². The fraction of sp³-hybridized carbons (Fsp3) is 0.538. The summed E-state index contributed by atoms with van der Waals surface area (Å²) in [4.78, 5) is 0. The average Bonchev–Trinajstić information content (AvgIpc) is 2.25. The summed E-state index contributed by atoms with van der Waals surface area (Å²) in [6.07, 6.45) is 0. The van der Waals surface area contributed by atoms with E-state index < -0.39 is 11.6 Å². The Balaban J connectivity index is 2.59. The fourth-order valence-electron chi connectivity index (χ4n) is 1.57. The first-order valence-electron chi connectivity index (χ1n) is 5.70. The summed E-state index contributed by atoms with van der Waals surface area (Å²) >= 11 is 0. The third kappa shape index (κ3) is 4.40. The third-order valence-electron chi connectivity index (χ3n) is 2.72. The second kappa shape index (κ2) is 6.67. The summed E-state index contributed by atoms with van der Waals surface area (Å²) in [6.45, 7) is 5.08. The summed E-state index contributed by atoms with van der Waals surface area (Å²) in [5, 5.41) is 3.21. The van der Waals surface area contributed by atoms with Crippen molar-refractivity contribution in [2.24, 2.45) is 5.92 Å². The van der Waals surface area contributed by atoms with Gasteiger partial charge in [0.25, 0.3) is 0 Å². The molecule has 1 unspecified atom stereocenters. The van der Waals surface area contributed by atoms with Crippen molar-refractivity contribution in [2.45, 2.75) is 26.4 Å². The molecule has 1 aromatic rings. The lowest BCUT2D eigenvalue weighted by molar-refractivity contribution is 0.146. The summed E-state index contributed by atoms with van der Waals surface area (Å²) in [7, 11) is 1.63. The number of halogens is 2. The first-order valence-corrected chi connectivity index (χ1v) is 5.70. The van der Waals surface area contributed by atoms with Gasteiger partial charge in [0, 0.05) is 31.3 Å². The van der Waals surface area contributed by atoms with Crippen LogP contribution in [-0.4, -0.2) is 19.8 Å². The minimum absolute atomic E-state index is 0.157. The van der Waals surface area contributed by atoms with Crippen LogP contribution in [0, 0.1) is 17.6 Å². The molecule has 1 rings (SSSR count). The molecule has 1 aromatic carbocycles. The van der Waals surface area contributed by atoms with Gasteiger partial charge in [-0.05, 0) is 12.0 Å². The Morgan fingerprint density at radius 2 is 2.00 bits per heavy atom. The number of methoxy groups -OCH3 is 1. The van der Waals surface area contributed by atoms with E-state index in [1.54, 1.807) is 7.11 Å². The number of nitrogens with one attached hydrogen (secondary N) is 1. The van der Waals surface area contributed by atoms with E-state index in [0.29, 0.717) is 24.6 Å². The van der Waals surface area contributed by atoms with E-state index in [4.69, 9.17) is 4.74 Å². The van der Waals surface area contributed by atoms with Gasteiger partial charge in [0.15, 0.2) is 0 Å². The molecule has 0 aliphatic heterocycles. The van der Waals surface area contributed by atoms with Crippen molar-refractivity contribution in [1.82, 2.24) is 5.32 Å². The van der Waals surface area contributed by atoms with Gasteiger partial charge in [0.2, 0.25) is 0 Å². The van der Waals surface area contributed by atoms with Crippen molar-refractivity contribution < 1.29 is 13.5 Å². The molecular weight excluding hydrogens is 224 g/mol. The highest BCUT2D eigenvalue weighted by molar-refractivity contribution is 5.18. The zero-order valence-electron chi connectivity index (χ0n) is 10.5. The van der Waals surface area contributed by atoms with E-state index in [1.165, 1.54) is 12.1 Å². The minimum atomic E-state index is -0.552. The molecule has 0 aromatic heterocycles. The normalized spacial score (nSPS) is 13.1. The van der Waals surface area contributed by atoms with Gasteiger partial charge in [-0.15, -0.1) is 0 Å². The molecule has 0 saturated carbocycles. The van der Waals surface area contributed by atoms with Crippen molar-refractivity contribution in [3.05, 3.63) is 35.4 Å². The largest absolute Gasteiger partial charge is 0.383 e. The van der Waals surface area contributed by atoms with Gasteiger partial charge in [0.1, 0.15) is 11.6 Å². The van der Waals surface area contributed by atoms with Crippen LogP contribution >= 0.6 is 0 Å². The number of ether oxygens (including phenoxy) is 1. The SMILES string of the molecule is COCC(NCc1ccc(F)cc1F)C(C)C. The molecule has 0 bridgehead atoms. The van der Waals surface area contributed by atoms with Crippen molar-refractivity contribution in [3.63, 3.8) is 0 Å². The van der Waals surface area contributed by atoms with Crippen LogP contribution in [0.15, 0.2) is 18.2 Å². The zero-order valence-corrected chi connectivity index (χ0v) is 10.5. The molecule has 17 heavy (non-hydrogen) atoms. The molecule has 1 N–H and O–H groups in total. The standard InChI is InChI=1S/C13H19F2NO/c1-9(2)13(8-17-3)16-7-10-4-5-11(14)6-12(10)15/h4-6,9,13,16H,7-8H2,1-3H3. The Morgan fingerprint density at radius 3 is 2.53 bits per heavy atom. The lowest BCUT2D eigenvalue weighted by Crippen LogP contribution is -2.37. The average molecular weight is 243 g/mol. The number of hydrogen-bond donors (Lipinski definition) is 1. The molecule has 0 aliphatic carbocycles. The molecule has 0 saturated heterocycles. The van der Waals surface area contributed by atoms with Gasteiger partial charge in [-0.25, -0.2) is 8.78 Å².